The summed E-state index contributed by atoms with van der Waals surface area (Å²) in [5.41, 5.74) is 3.04. The fourth-order valence-corrected chi connectivity index (χ4v) is 2.33. The van der Waals surface area contributed by atoms with Crippen LogP contribution in [0.3, 0.4) is 0 Å². The summed E-state index contributed by atoms with van der Waals surface area (Å²) in [7, 11) is 0. The topological polar surface area (TPSA) is 27.7 Å². The van der Waals surface area contributed by atoms with Crippen molar-refractivity contribution < 1.29 is 18.6 Å². The van der Waals surface area contributed by atoms with Crippen LogP contribution in [0, 0.1) is 12.7 Å². The second kappa shape index (κ2) is 7.01. The van der Waals surface area contributed by atoms with Crippen molar-refractivity contribution in [3.05, 3.63) is 71.0 Å². The molecule has 0 unspecified atom stereocenters. The second-order valence-corrected chi connectivity index (χ2v) is 5.47. The van der Waals surface area contributed by atoms with Gasteiger partial charge in [-0.2, -0.15) is 0 Å². The van der Waals surface area contributed by atoms with Gasteiger partial charge in [-0.05, 0) is 24.6 Å². The minimum Gasteiger partial charge on any atom is -0.369 e. The summed E-state index contributed by atoms with van der Waals surface area (Å²) in [4.78, 5) is 0. The van der Waals surface area contributed by atoms with E-state index in [0.29, 0.717) is 25.4 Å². The highest BCUT2D eigenvalue weighted by atomic mass is 19.1. The second-order valence-electron chi connectivity index (χ2n) is 5.47. The predicted molar refractivity (Wildman–Crippen MR) is 80.8 cm³/mol. The minimum absolute atomic E-state index is 0.105. The Kier molecular flexibility index (Phi) is 4.83. The van der Waals surface area contributed by atoms with Gasteiger partial charge in [0.1, 0.15) is 11.9 Å². The zero-order valence-corrected chi connectivity index (χ0v) is 12.5. The smallest absolute Gasteiger partial charge is 0.184 e. The number of aryl methyl sites for hydroxylation is 1. The van der Waals surface area contributed by atoms with E-state index in [1.807, 2.05) is 0 Å². The Morgan fingerprint density at radius 3 is 2.50 bits per heavy atom. The predicted octanol–water partition coefficient (Wildman–Crippen LogP) is 3.76. The molecule has 2 aromatic rings. The number of hydrogen-bond donors (Lipinski definition) is 0. The van der Waals surface area contributed by atoms with Crippen LogP contribution in [0.1, 0.15) is 23.0 Å². The largest absolute Gasteiger partial charge is 0.369 e. The van der Waals surface area contributed by atoms with E-state index in [1.165, 1.54) is 17.7 Å². The Hall–Kier alpha value is -1.75. The Balaban J connectivity index is 1.48. The van der Waals surface area contributed by atoms with Crippen LogP contribution in [0.15, 0.2) is 48.5 Å². The third-order valence-corrected chi connectivity index (χ3v) is 3.59. The molecule has 4 heteroatoms. The first-order valence-corrected chi connectivity index (χ1v) is 7.36. The summed E-state index contributed by atoms with van der Waals surface area (Å²) in [6.45, 7) is 3.46. The fraction of sp³-hybridized carbons (Fsp3) is 0.333. The molecule has 3 nitrogen and oxygen atoms in total. The van der Waals surface area contributed by atoms with E-state index in [2.05, 4.69) is 31.2 Å². The molecule has 3 rings (SSSR count). The molecule has 116 valence electrons. The van der Waals surface area contributed by atoms with Crippen LogP contribution in [-0.4, -0.2) is 19.3 Å². The molecule has 1 fully saturated rings. The lowest BCUT2D eigenvalue weighted by Crippen LogP contribution is -2.33. The first kappa shape index (κ1) is 15.2. The van der Waals surface area contributed by atoms with E-state index in [0.717, 1.165) is 5.56 Å². The fourth-order valence-electron chi connectivity index (χ4n) is 2.33. The van der Waals surface area contributed by atoms with Crippen molar-refractivity contribution in [2.75, 3.05) is 13.2 Å². The number of rotatable bonds is 4. The van der Waals surface area contributed by atoms with Crippen molar-refractivity contribution in [1.82, 2.24) is 0 Å². The summed E-state index contributed by atoms with van der Waals surface area (Å²) in [5, 5.41) is 0. The molecule has 0 radical (unpaired) electrons. The van der Waals surface area contributed by atoms with Gasteiger partial charge in [0.15, 0.2) is 6.29 Å². The van der Waals surface area contributed by atoms with E-state index in [1.54, 1.807) is 12.1 Å². The van der Waals surface area contributed by atoms with E-state index in [-0.39, 0.29) is 11.9 Å². The quantitative estimate of drug-likeness (QED) is 0.860. The van der Waals surface area contributed by atoms with Crippen molar-refractivity contribution in [1.29, 1.82) is 0 Å². The Labute approximate surface area is 129 Å². The van der Waals surface area contributed by atoms with Gasteiger partial charge < -0.3 is 14.2 Å². The average molecular weight is 302 g/mol. The molecule has 0 aromatic heterocycles. The standard InChI is InChI=1S/C18H19FO3/c1-13-5-7-14(8-6-13)10-20-17-11-21-18(22-12-17)15-3-2-4-16(19)9-15/h2-9,17-18H,10-12H2,1H3/t17-,18+. The molecule has 1 saturated heterocycles. The summed E-state index contributed by atoms with van der Waals surface area (Å²) >= 11 is 0. The molecule has 1 aliphatic heterocycles. The highest BCUT2D eigenvalue weighted by molar-refractivity contribution is 5.20. The van der Waals surface area contributed by atoms with Crippen LogP contribution in [0.4, 0.5) is 4.39 Å². The number of benzene rings is 2. The summed E-state index contributed by atoms with van der Waals surface area (Å²) < 4.78 is 30.2. The Morgan fingerprint density at radius 2 is 1.82 bits per heavy atom. The van der Waals surface area contributed by atoms with Crippen molar-refractivity contribution in [2.24, 2.45) is 0 Å². The van der Waals surface area contributed by atoms with Crippen molar-refractivity contribution in [2.45, 2.75) is 25.9 Å². The SMILES string of the molecule is Cc1ccc(CO[C@H]2CO[C@@H](c3cccc(F)c3)OC2)cc1. The molecule has 2 aromatic carbocycles. The lowest BCUT2D eigenvalue weighted by molar-refractivity contribution is -0.232. The van der Waals surface area contributed by atoms with Crippen molar-refractivity contribution in [3.8, 4) is 0 Å². The maximum Gasteiger partial charge on any atom is 0.184 e. The van der Waals surface area contributed by atoms with Crippen LogP contribution in [-0.2, 0) is 20.8 Å². The first-order valence-electron chi connectivity index (χ1n) is 7.36. The molecule has 0 spiro atoms. The molecule has 0 saturated carbocycles. The van der Waals surface area contributed by atoms with Gasteiger partial charge in [0, 0.05) is 5.56 Å². The lowest BCUT2D eigenvalue weighted by atomic mass is 10.2. The van der Waals surface area contributed by atoms with Crippen LogP contribution in [0.5, 0.6) is 0 Å². The first-order chi connectivity index (χ1) is 10.7. The molecule has 0 atom stereocenters. The number of ether oxygens (including phenoxy) is 3. The highest BCUT2D eigenvalue weighted by Crippen LogP contribution is 2.24. The zero-order valence-electron chi connectivity index (χ0n) is 12.5. The van der Waals surface area contributed by atoms with Crippen molar-refractivity contribution in [3.63, 3.8) is 0 Å². The normalized spacial score (nSPS) is 21.7. The molecule has 1 aliphatic rings. The van der Waals surface area contributed by atoms with Gasteiger partial charge in [-0.15, -0.1) is 0 Å². The summed E-state index contributed by atoms with van der Waals surface area (Å²) in [5.74, 6) is -0.289. The van der Waals surface area contributed by atoms with Gasteiger partial charge in [0.2, 0.25) is 0 Å². The van der Waals surface area contributed by atoms with E-state index < -0.39 is 6.29 Å². The molecule has 22 heavy (non-hydrogen) atoms. The highest BCUT2D eigenvalue weighted by Gasteiger charge is 2.24. The molecule has 0 amide bonds. The summed E-state index contributed by atoms with van der Waals surface area (Å²) in [6.07, 6.45) is -0.624. The zero-order chi connectivity index (χ0) is 15.4. The van der Waals surface area contributed by atoms with Crippen LogP contribution < -0.4 is 0 Å². The molecule has 0 bridgehead atoms. The Morgan fingerprint density at radius 1 is 1.09 bits per heavy atom. The Bertz CT molecular complexity index is 604. The maximum atomic E-state index is 13.2. The van der Waals surface area contributed by atoms with Gasteiger partial charge in [-0.3, -0.25) is 0 Å². The number of halogens is 1. The monoisotopic (exact) mass is 302 g/mol. The van der Waals surface area contributed by atoms with Crippen LogP contribution >= 0.6 is 0 Å². The average Bonchev–Trinajstić information content (AvgIpc) is 2.55. The van der Waals surface area contributed by atoms with Gasteiger partial charge in [-0.25, -0.2) is 4.39 Å². The third-order valence-electron chi connectivity index (χ3n) is 3.59. The van der Waals surface area contributed by atoms with Gasteiger partial charge in [-0.1, -0.05) is 42.0 Å². The van der Waals surface area contributed by atoms with E-state index in [4.69, 9.17) is 14.2 Å². The lowest BCUT2D eigenvalue weighted by Gasteiger charge is -2.29. The molecule has 0 N–H and O–H groups in total. The third kappa shape index (κ3) is 3.91. The van der Waals surface area contributed by atoms with Crippen LogP contribution in [0.25, 0.3) is 0 Å². The van der Waals surface area contributed by atoms with Crippen LogP contribution in [0.2, 0.25) is 0 Å². The van der Waals surface area contributed by atoms with E-state index >= 15 is 0 Å². The minimum atomic E-state index is -0.519. The van der Waals surface area contributed by atoms with Crippen molar-refractivity contribution >= 4 is 0 Å². The molecular formula is C18H19FO3. The summed E-state index contributed by atoms with van der Waals surface area (Å²) in [6, 6.07) is 14.5. The maximum absolute atomic E-state index is 13.2. The van der Waals surface area contributed by atoms with Gasteiger partial charge >= 0.3 is 0 Å². The van der Waals surface area contributed by atoms with Gasteiger partial charge in [0.05, 0.1) is 19.8 Å². The molecule has 0 aliphatic carbocycles. The molecular weight excluding hydrogens is 283 g/mol. The number of hydrogen-bond acceptors (Lipinski definition) is 3. The van der Waals surface area contributed by atoms with Gasteiger partial charge in [0.25, 0.3) is 0 Å². The molecule has 1 heterocycles. The van der Waals surface area contributed by atoms with E-state index in [9.17, 15) is 4.39 Å².